The predicted molar refractivity (Wildman–Crippen MR) is 103 cm³/mol. The fourth-order valence-corrected chi connectivity index (χ4v) is 4.04. The SMILES string of the molecule is O=[N+]([O-])c1ccc(C2CCCC/C2=N\OS(=O)(=O)c2ccccc2)c([N+](=O)[O-])c1. The molecule has 152 valence electrons. The molecule has 0 radical (unpaired) electrons. The van der Waals surface area contributed by atoms with Crippen LogP contribution in [0.5, 0.6) is 0 Å². The van der Waals surface area contributed by atoms with E-state index < -0.39 is 37.3 Å². The summed E-state index contributed by atoms with van der Waals surface area (Å²) in [4.78, 5) is 21.0. The second kappa shape index (κ2) is 8.35. The van der Waals surface area contributed by atoms with E-state index in [0.29, 0.717) is 18.6 Å². The molecule has 1 aliphatic carbocycles. The number of nitrogens with zero attached hydrogens (tertiary/aromatic N) is 3. The van der Waals surface area contributed by atoms with Gasteiger partial charge in [0.15, 0.2) is 0 Å². The Morgan fingerprint density at radius 2 is 1.72 bits per heavy atom. The minimum Gasteiger partial charge on any atom is -0.265 e. The lowest BCUT2D eigenvalue weighted by molar-refractivity contribution is -0.394. The molecular weight excluding hydrogens is 402 g/mol. The van der Waals surface area contributed by atoms with Gasteiger partial charge >= 0.3 is 10.1 Å². The van der Waals surface area contributed by atoms with Gasteiger partial charge < -0.3 is 0 Å². The second-order valence-electron chi connectivity index (χ2n) is 6.48. The molecule has 11 heteroatoms. The van der Waals surface area contributed by atoms with E-state index in [9.17, 15) is 28.6 Å². The third-order valence-electron chi connectivity index (χ3n) is 4.66. The Labute approximate surface area is 166 Å². The Bertz CT molecular complexity index is 1070. The quantitative estimate of drug-likeness (QED) is 0.510. The van der Waals surface area contributed by atoms with Crippen LogP contribution in [0, 0.1) is 20.2 Å². The zero-order chi connectivity index (χ0) is 21.0. The Morgan fingerprint density at radius 3 is 2.38 bits per heavy atom. The van der Waals surface area contributed by atoms with Gasteiger partial charge in [-0.15, -0.1) is 0 Å². The maximum Gasteiger partial charge on any atom is 0.358 e. The fourth-order valence-electron chi connectivity index (χ4n) is 3.27. The van der Waals surface area contributed by atoms with Crippen molar-refractivity contribution >= 4 is 27.2 Å². The number of hydrogen-bond acceptors (Lipinski definition) is 8. The highest BCUT2D eigenvalue weighted by molar-refractivity contribution is 7.86. The van der Waals surface area contributed by atoms with Gasteiger partial charge in [-0.1, -0.05) is 29.8 Å². The van der Waals surface area contributed by atoms with E-state index in [1.165, 1.54) is 24.3 Å². The number of benzene rings is 2. The summed E-state index contributed by atoms with van der Waals surface area (Å²) in [6.07, 6.45) is 2.38. The highest BCUT2D eigenvalue weighted by atomic mass is 32.2. The molecule has 1 fully saturated rings. The standard InChI is InChI=1S/C18H17N3O7S/c22-20(23)13-10-11-16(18(12-13)21(24)25)15-8-4-5-9-17(15)19-28-29(26,27)14-6-2-1-3-7-14/h1-3,6-7,10-12,15H,4-5,8-9H2/b19-17+. The lowest BCUT2D eigenvalue weighted by Gasteiger charge is -2.23. The van der Waals surface area contributed by atoms with E-state index in [1.54, 1.807) is 18.2 Å². The summed E-state index contributed by atoms with van der Waals surface area (Å²) in [6.45, 7) is 0. The van der Waals surface area contributed by atoms with E-state index >= 15 is 0 Å². The smallest absolute Gasteiger partial charge is 0.265 e. The molecule has 0 spiro atoms. The van der Waals surface area contributed by atoms with Crippen LogP contribution in [0.2, 0.25) is 0 Å². The molecule has 1 aliphatic rings. The normalized spacial score (nSPS) is 18.3. The van der Waals surface area contributed by atoms with Crippen molar-refractivity contribution in [2.75, 3.05) is 0 Å². The third-order valence-corrected chi connectivity index (χ3v) is 5.78. The molecule has 0 aromatic heterocycles. The van der Waals surface area contributed by atoms with Gasteiger partial charge in [0, 0.05) is 17.5 Å². The molecule has 1 saturated carbocycles. The van der Waals surface area contributed by atoms with Crippen LogP contribution in [-0.4, -0.2) is 24.0 Å². The lowest BCUT2D eigenvalue weighted by Crippen LogP contribution is -2.20. The van der Waals surface area contributed by atoms with Crippen molar-refractivity contribution in [1.29, 1.82) is 0 Å². The molecule has 2 aromatic carbocycles. The van der Waals surface area contributed by atoms with Gasteiger partial charge in [-0.25, -0.2) is 0 Å². The van der Waals surface area contributed by atoms with Crippen LogP contribution in [0.1, 0.15) is 37.2 Å². The molecule has 0 saturated heterocycles. The molecule has 0 aliphatic heterocycles. The fraction of sp³-hybridized carbons (Fsp3) is 0.278. The largest absolute Gasteiger partial charge is 0.358 e. The molecule has 0 N–H and O–H groups in total. The molecule has 1 atom stereocenters. The molecule has 0 heterocycles. The summed E-state index contributed by atoms with van der Waals surface area (Å²) in [6, 6.07) is 10.9. The number of non-ortho nitro benzene ring substituents is 1. The van der Waals surface area contributed by atoms with Gasteiger partial charge in [0.2, 0.25) is 0 Å². The molecule has 10 nitrogen and oxygen atoms in total. The van der Waals surface area contributed by atoms with Crippen LogP contribution in [0.15, 0.2) is 58.6 Å². The summed E-state index contributed by atoms with van der Waals surface area (Å²) in [5, 5.41) is 26.2. The number of nitro groups is 2. The van der Waals surface area contributed by atoms with Crippen molar-refractivity contribution in [1.82, 2.24) is 0 Å². The predicted octanol–water partition coefficient (Wildman–Crippen LogP) is 3.92. The van der Waals surface area contributed by atoms with Gasteiger partial charge in [0.1, 0.15) is 4.90 Å². The number of oxime groups is 1. The first-order valence-electron chi connectivity index (χ1n) is 8.78. The van der Waals surface area contributed by atoms with Crippen molar-refractivity contribution in [3.8, 4) is 0 Å². The van der Waals surface area contributed by atoms with E-state index in [-0.39, 0.29) is 10.5 Å². The number of hydrogen-bond donors (Lipinski definition) is 0. The van der Waals surface area contributed by atoms with Crippen LogP contribution < -0.4 is 0 Å². The van der Waals surface area contributed by atoms with Gasteiger partial charge in [-0.2, -0.15) is 8.42 Å². The Kier molecular flexibility index (Phi) is 5.87. The zero-order valence-electron chi connectivity index (χ0n) is 15.1. The minimum atomic E-state index is -4.12. The monoisotopic (exact) mass is 419 g/mol. The van der Waals surface area contributed by atoms with Crippen LogP contribution in [0.3, 0.4) is 0 Å². The van der Waals surface area contributed by atoms with Crippen molar-refractivity contribution < 1.29 is 22.5 Å². The van der Waals surface area contributed by atoms with E-state index in [4.69, 9.17) is 4.28 Å². The molecular formula is C18H17N3O7S. The lowest BCUT2D eigenvalue weighted by atomic mass is 9.81. The molecule has 2 aromatic rings. The summed E-state index contributed by atoms with van der Waals surface area (Å²) in [7, 11) is -4.12. The Hall–Kier alpha value is -3.34. The number of nitro benzene ring substituents is 2. The van der Waals surface area contributed by atoms with Crippen molar-refractivity contribution in [3.05, 3.63) is 74.3 Å². The summed E-state index contributed by atoms with van der Waals surface area (Å²) >= 11 is 0. The highest BCUT2D eigenvalue weighted by Gasteiger charge is 2.31. The molecule has 0 bridgehead atoms. The molecule has 29 heavy (non-hydrogen) atoms. The first-order chi connectivity index (χ1) is 13.8. The van der Waals surface area contributed by atoms with Crippen LogP contribution in [0.25, 0.3) is 0 Å². The van der Waals surface area contributed by atoms with Crippen molar-refractivity contribution in [2.45, 2.75) is 36.5 Å². The van der Waals surface area contributed by atoms with Crippen LogP contribution in [-0.2, 0) is 14.4 Å². The van der Waals surface area contributed by atoms with Gasteiger partial charge in [0.25, 0.3) is 11.4 Å². The summed E-state index contributed by atoms with van der Waals surface area (Å²) in [5.41, 5.74) is -0.185. The van der Waals surface area contributed by atoms with Gasteiger partial charge in [-0.3, -0.25) is 24.5 Å². The third kappa shape index (κ3) is 4.57. The maximum atomic E-state index is 12.3. The first kappa shape index (κ1) is 20.4. The first-order valence-corrected chi connectivity index (χ1v) is 10.2. The molecule has 1 unspecified atom stereocenters. The maximum absolute atomic E-state index is 12.3. The van der Waals surface area contributed by atoms with Gasteiger partial charge in [-0.05, 0) is 37.5 Å². The van der Waals surface area contributed by atoms with E-state index in [2.05, 4.69) is 5.16 Å². The highest BCUT2D eigenvalue weighted by Crippen LogP contribution is 2.37. The van der Waals surface area contributed by atoms with Gasteiger partial charge in [0.05, 0.1) is 21.6 Å². The Balaban J connectivity index is 1.95. The van der Waals surface area contributed by atoms with Crippen molar-refractivity contribution in [2.24, 2.45) is 5.16 Å². The van der Waals surface area contributed by atoms with E-state index in [0.717, 1.165) is 18.9 Å². The average molecular weight is 419 g/mol. The van der Waals surface area contributed by atoms with Crippen LogP contribution >= 0.6 is 0 Å². The zero-order valence-corrected chi connectivity index (χ0v) is 15.9. The molecule has 3 rings (SSSR count). The topological polar surface area (TPSA) is 142 Å². The van der Waals surface area contributed by atoms with Crippen LogP contribution in [0.4, 0.5) is 11.4 Å². The minimum absolute atomic E-state index is 0.0574. The second-order valence-corrected chi connectivity index (χ2v) is 8.01. The Morgan fingerprint density at radius 1 is 1.00 bits per heavy atom. The number of rotatable bonds is 6. The molecule has 0 amide bonds. The summed E-state index contributed by atoms with van der Waals surface area (Å²) < 4.78 is 29.5. The summed E-state index contributed by atoms with van der Waals surface area (Å²) in [5.74, 6) is -0.559. The van der Waals surface area contributed by atoms with E-state index in [1.807, 2.05) is 0 Å². The average Bonchev–Trinajstić information content (AvgIpc) is 2.72. The van der Waals surface area contributed by atoms with Crippen molar-refractivity contribution in [3.63, 3.8) is 0 Å².